The first-order valence-electron chi connectivity index (χ1n) is 3.91. The third kappa shape index (κ3) is 2.00. The summed E-state index contributed by atoms with van der Waals surface area (Å²) in [6.07, 6.45) is 4.57. The molecule has 0 aromatic heterocycles. The standard InChI is InChI=1S/C7H14Cl2N2/c8-6(10)4-2-1-3-5-7(6,9)11/h1-5,10-11H2. The van der Waals surface area contributed by atoms with Gasteiger partial charge in [-0.1, -0.05) is 42.5 Å². The van der Waals surface area contributed by atoms with Crippen molar-refractivity contribution in [1.29, 1.82) is 0 Å². The van der Waals surface area contributed by atoms with Gasteiger partial charge in [0.2, 0.25) is 0 Å². The van der Waals surface area contributed by atoms with Crippen LogP contribution < -0.4 is 11.5 Å². The molecular formula is C7H14Cl2N2. The summed E-state index contributed by atoms with van der Waals surface area (Å²) in [6.45, 7) is 0. The highest BCUT2D eigenvalue weighted by atomic mass is 35.5. The molecule has 2 unspecified atom stereocenters. The van der Waals surface area contributed by atoms with Gasteiger partial charge in [-0.15, -0.1) is 0 Å². The summed E-state index contributed by atoms with van der Waals surface area (Å²) in [5.74, 6) is 0. The van der Waals surface area contributed by atoms with Crippen LogP contribution in [-0.4, -0.2) is 10.00 Å². The predicted octanol–water partition coefficient (Wildman–Crippen LogP) is 1.74. The van der Waals surface area contributed by atoms with Gasteiger partial charge in [0.25, 0.3) is 0 Å². The van der Waals surface area contributed by atoms with Crippen LogP contribution in [0.1, 0.15) is 32.1 Å². The number of halogens is 2. The first kappa shape index (κ1) is 9.59. The molecule has 0 saturated heterocycles. The minimum atomic E-state index is -0.926. The molecule has 1 fully saturated rings. The van der Waals surface area contributed by atoms with E-state index in [0.29, 0.717) is 12.8 Å². The molecule has 0 bridgehead atoms. The van der Waals surface area contributed by atoms with Gasteiger partial charge in [0.15, 0.2) is 0 Å². The van der Waals surface area contributed by atoms with Crippen molar-refractivity contribution in [2.75, 3.05) is 0 Å². The minimum Gasteiger partial charge on any atom is -0.310 e. The Morgan fingerprint density at radius 2 is 1.18 bits per heavy atom. The number of rotatable bonds is 0. The maximum atomic E-state index is 5.99. The Balaban J connectivity index is 2.72. The lowest BCUT2D eigenvalue weighted by Crippen LogP contribution is -2.58. The van der Waals surface area contributed by atoms with E-state index in [4.69, 9.17) is 34.7 Å². The molecule has 4 N–H and O–H groups in total. The van der Waals surface area contributed by atoms with Gasteiger partial charge in [0.1, 0.15) is 10.00 Å². The van der Waals surface area contributed by atoms with E-state index in [1.165, 1.54) is 0 Å². The fourth-order valence-electron chi connectivity index (χ4n) is 1.36. The molecule has 2 atom stereocenters. The number of alkyl halides is 2. The van der Waals surface area contributed by atoms with Crippen molar-refractivity contribution in [3.63, 3.8) is 0 Å². The SMILES string of the molecule is NC1(Cl)CCCCCC1(N)Cl. The average Bonchev–Trinajstić information content (AvgIpc) is 1.94. The Bertz CT molecular complexity index is 129. The van der Waals surface area contributed by atoms with Crippen molar-refractivity contribution in [2.24, 2.45) is 11.5 Å². The molecule has 0 aromatic carbocycles. The van der Waals surface area contributed by atoms with E-state index in [1.54, 1.807) is 0 Å². The lowest BCUT2D eigenvalue weighted by Gasteiger charge is -2.34. The zero-order chi connectivity index (χ0) is 8.54. The molecule has 0 radical (unpaired) electrons. The third-order valence-corrected chi connectivity index (χ3v) is 3.42. The second-order valence-corrected chi connectivity index (χ2v) is 4.63. The molecule has 1 saturated carbocycles. The van der Waals surface area contributed by atoms with E-state index < -0.39 is 10.00 Å². The zero-order valence-corrected chi connectivity index (χ0v) is 7.96. The first-order chi connectivity index (χ1) is 4.96. The zero-order valence-electron chi connectivity index (χ0n) is 6.45. The molecule has 0 spiro atoms. The van der Waals surface area contributed by atoms with E-state index in [1.807, 2.05) is 0 Å². The summed E-state index contributed by atoms with van der Waals surface area (Å²) >= 11 is 12.0. The van der Waals surface area contributed by atoms with Crippen molar-refractivity contribution in [3.8, 4) is 0 Å². The van der Waals surface area contributed by atoms with Gasteiger partial charge < -0.3 is 11.5 Å². The van der Waals surface area contributed by atoms with Crippen LogP contribution in [0.3, 0.4) is 0 Å². The van der Waals surface area contributed by atoms with Crippen LogP contribution in [0.5, 0.6) is 0 Å². The molecule has 11 heavy (non-hydrogen) atoms. The van der Waals surface area contributed by atoms with Crippen LogP contribution in [0.4, 0.5) is 0 Å². The highest BCUT2D eigenvalue weighted by Gasteiger charge is 2.43. The van der Waals surface area contributed by atoms with Gasteiger partial charge in [-0.25, -0.2) is 0 Å². The van der Waals surface area contributed by atoms with E-state index in [2.05, 4.69) is 0 Å². The van der Waals surface area contributed by atoms with Crippen molar-refractivity contribution in [2.45, 2.75) is 42.1 Å². The molecule has 1 aliphatic rings. The van der Waals surface area contributed by atoms with Crippen LogP contribution in [0.25, 0.3) is 0 Å². The lowest BCUT2D eigenvalue weighted by molar-refractivity contribution is 0.399. The largest absolute Gasteiger partial charge is 0.310 e. The monoisotopic (exact) mass is 196 g/mol. The smallest absolute Gasteiger partial charge is 0.123 e. The summed E-state index contributed by atoms with van der Waals surface area (Å²) in [4.78, 5) is -1.85. The Morgan fingerprint density at radius 3 is 1.55 bits per heavy atom. The number of nitrogens with two attached hydrogens (primary N) is 2. The maximum absolute atomic E-state index is 5.99. The third-order valence-electron chi connectivity index (χ3n) is 2.27. The summed E-state index contributed by atoms with van der Waals surface area (Å²) in [6, 6.07) is 0. The Hall–Kier alpha value is 0.500. The van der Waals surface area contributed by atoms with Gasteiger partial charge in [-0.05, 0) is 12.8 Å². The fourth-order valence-corrected chi connectivity index (χ4v) is 1.81. The molecule has 2 nitrogen and oxygen atoms in total. The Labute approximate surface area is 77.2 Å². The van der Waals surface area contributed by atoms with Gasteiger partial charge >= 0.3 is 0 Å². The molecular weight excluding hydrogens is 183 g/mol. The Kier molecular flexibility index (Phi) is 2.70. The number of hydrogen-bond acceptors (Lipinski definition) is 2. The molecule has 66 valence electrons. The van der Waals surface area contributed by atoms with Crippen molar-refractivity contribution >= 4 is 23.2 Å². The van der Waals surface area contributed by atoms with E-state index in [-0.39, 0.29) is 0 Å². The van der Waals surface area contributed by atoms with Gasteiger partial charge in [0.05, 0.1) is 0 Å². The van der Waals surface area contributed by atoms with E-state index in [0.717, 1.165) is 19.3 Å². The van der Waals surface area contributed by atoms with Crippen LogP contribution >= 0.6 is 23.2 Å². The van der Waals surface area contributed by atoms with Crippen LogP contribution in [0.2, 0.25) is 0 Å². The molecule has 4 heteroatoms. The quantitative estimate of drug-likeness (QED) is 0.353. The van der Waals surface area contributed by atoms with Crippen molar-refractivity contribution < 1.29 is 0 Å². The Morgan fingerprint density at radius 1 is 0.818 bits per heavy atom. The molecule has 0 aromatic rings. The summed E-state index contributed by atoms with van der Waals surface area (Å²) < 4.78 is 0. The van der Waals surface area contributed by atoms with E-state index >= 15 is 0 Å². The second kappa shape index (κ2) is 3.09. The second-order valence-electron chi connectivity index (χ2n) is 3.29. The van der Waals surface area contributed by atoms with Crippen LogP contribution in [-0.2, 0) is 0 Å². The van der Waals surface area contributed by atoms with Gasteiger partial charge in [-0.2, -0.15) is 0 Å². The normalized spacial score (nSPS) is 46.9. The topological polar surface area (TPSA) is 52.0 Å². The van der Waals surface area contributed by atoms with E-state index in [9.17, 15) is 0 Å². The first-order valence-corrected chi connectivity index (χ1v) is 4.67. The molecule has 0 amide bonds. The van der Waals surface area contributed by atoms with Gasteiger partial charge in [-0.3, -0.25) is 0 Å². The fraction of sp³-hybridized carbons (Fsp3) is 1.00. The summed E-state index contributed by atoms with van der Waals surface area (Å²) in [5.41, 5.74) is 11.5. The summed E-state index contributed by atoms with van der Waals surface area (Å²) in [5, 5.41) is 0. The lowest BCUT2D eigenvalue weighted by atomic mass is 10.0. The summed E-state index contributed by atoms with van der Waals surface area (Å²) in [7, 11) is 0. The highest BCUT2D eigenvalue weighted by Crippen LogP contribution is 2.37. The van der Waals surface area contributed by atoms with Gasteiger partial charge in [0, 0.05) is 0 Å². The number of hydrogen-bond donors (Lipinski definition) is 2. The maximum Gasteiger partial charge on any atom is 0.123 e. The minimum absolute atomic E-state index is 0.703. The van der Waals surface area contributed by atoms with Crippen molar-refractivity contribution in [1.82, 2.24) is 0 Å². The molecule has 1 aliphatic carbocycles. The molecule has 0 heterocycles. The average molecular weight is 197 g/mol. The van der Waals surface area contributed by atoms with Crippen molar-refractivity contribution in [3.05, 3.63) is 0 Å². The highest BCUT2D eigenvalue weighted by molar-refractivity contribution is 6.34. The van der Waals surface area contributed by atoms with Crippen LogP contribution in [0.15, 0.2) is 0 Å². The molecule has 0 aliphatic heterocycles. The predicted molar refractivity (Wildman–Crippen MR) is 48.6 cm³/mol. The van der Waals surface area contributed by atoms with Crippen LogP contribution in [0, 0.1) is 0 Å². The molecule has 1 rings (SSSR count).